The van der Waals surface area contributed by atoms with Crippen molar-refractivity contribution in [3.05, 3.63) is 16.6 Å². The second-order valence-corrected chi connectivity index (χ2v) is 4.45. The Bertz CT molecular complexity index is 351. The van der Waals surface area contributed by atoms with Crippen LogP contribution < -0.4 is 5.32 Å². The van der Waals surface area contributed by atoms with E-state index in [1.54, 1.807) is 13.1 Å². The second kappa shape index (κ2) is 6.22. The van der Waals surface area contributed by atoms with Crippen LogP contribution in [0.5, 0.6) is 0 Å². The van der Waals surface area contributed by atoms with E-state index in [9.17, 15) is 9.59 Å². The third-order valence-corrected chi connectivity index (χ3v) is 2.92. The zero-order valence-electron chi connectivity index (χ0n) is 8.97. The highest BCUT2D eigenvalue weighted by Crippen LogP contribution is 2.06. The lowest BCUT2D eigenvalue weighted by atomic mass is 10.2. The van der Waals surface area contributed by atoms with E-state index in [0.717, 1.165) is 5.01 Å². The first-order valence-electron chi connectivity index (χ1n) is 4.97. The van der Waals surface area contributed by atoms with Gasteiger partial charge in [0.05, 0.1) is 10.9 Å². The molecule has 2 N–H and O–H groups in total. The van der Waals surface area contributed by atoms with Gasteiger partial charge in [-0.1, -0.05) is 6.92 Å². The maximum absolute atomic E-state index is 11.3. The molecular formula is C10H14N2O3S. The van der Waals surface area contributed by atoms with Crippen molar-refractivity contribution in [2.75, 3.05) is 6.54 Å². The second-order valence-electron chi connectivity index (χ2n) is 3.47. The molecule has 16 heavy (non-hydrogen) atoms. The summed E-state index contributed by atoms with van der Waals surface area (Å²) in [6, 6.07) is 0. The Hall–Kier alpha value is -1.43. The molecule has 5 nitrogen and oxygen atoms in total. The Morgan fingerprint density at radius 1 is 1.62 bits per heavy atom. The molecule has 6 heteroatoms. The molecule has 0 saturated carbocycles. The number of hydrogen-bond donors (Lipinski definition) is 2. The van der Waals surface area contributed by atoms with Crippen LogP contribution in [0.4, 0.5) is 0 Å². The third kappa shape index (κ3) is 4.39. The summed E-state index contributed by atoms with van der Waals surface area (Å²) in [4.78, 5) is 25.9. The topological polar surface area (TPSA) is 79.3 Å². The molecule has 88 valence electrons. The number of carboxylic acids is 1. The highest BCUT2D eigenvalue weighted by molar-refractivity contribution is 7.09. The molecular weight excluding hydrogens is 228 g/mol. The van der Waals surface area contributed by atoms with E-state index in [1.807, 2.05) is 5.38 Å². The van der Waals surface area contributed by atoms with E-state index in [1.165, 1.54) is 11.3 Å². The number of nitrogens with one attached hydrogen (secondary N) is 1. The summed E-state index contributed by atoms with van der Waals surface area (Å²) in [5, 5.41) is 14.0. The number of aryl methyl sites for hydroxylation is 1. The molecule has 0 aliphatic carbocycles. The lowest BCUT2D eigenvalue weighted by Gasteiger charge is -2.07. The van der Waals surface area contributed by atoms with Crippen molar-refractivity contribution in [1.82, 2.24) is 10.3 Å². The van der Waals surface area contributed by atoms with Crippen molar-refractivity contribution >= 4 is 23.2 Å². The molecule has 0 bridgehead atoms. The van der Waals surface area contributed by atoms with Gasteiger partial charge < -0.3 is 10.4 Å². The standard InChI is InChI=1S/C10H14N2O3S/c1-7(10(14)15)6-12-8(13)2-3-9-11-4-5-16-9/h4-5,7H,2-3,6H2,1H3,(H,12,13)(H,14,15). The lowest BCUT2D eigenvalue weighted by Crippen LogP contribution is -2.31. The van der Waals surface area contributed by atoms with E-state index in [4.69, 9.17) is 5.11 Å². The van der Waals surface area contributed by atoms with Crippen LogP contribution in [-0.2, 0) is 16.0 Å². The van der Waals surface area contributed by atoms with E-state index < -0.39 is 11.9 Å². The molecule has 0 aliphatic heterocycles. The van der Waals surface area contributed by atoms with Crippen LogP contribution in [0.3, 0.4) is 0 Å². The maximum Gasteiger partial charge on any atom is 0.308 e. The number of carbonyl (C=O) groups is 2. The van der Waals surface area contributed by atoms with Crippen LogP contribution in [0, 0.1) is 5.92 Å². The van der Waals surface area contributed by atoms with E-state index in [2.05, 4.69) is 10.3 Å². The molecule has 1 amide bonds. The minimum Gasteiger partial charge on any atom is -0.481 e. The fraction of sp³-hybridized carbons (Fsp3) is 0.500. The number of aliphatic carboxylic acids is 1. The number of nitrogens with zero attached hydrogens (tertiary/aromatic N) is 1. The van der Waals surface area contributed by atoms with E-state index >= 15 is 0 Å². The fourth-order valence-corrected chi connectivity index (χ4v) is 1.66. The molecule has 0 saturated heterocycles. The van der Waals surface area contributed by atoms with Crippen LogP contribution in [0.2, 0.25) is 0 Å². The van der Waals surface area contributed by atoms with Crippen molar-refractivity contribution in [3.8, 4) is 0 Å². The Morgan fingerprint density at radius 2 is 2.38 bits per heavy atom. The molecule has 1 unspecified atom stereocenters. The number of aromatic nitrogens is 1. The zero-order chi connectivity index (χ0) is 12.0. The average Bonchev–Trinajstić information content (AvgIpc) is 2.75. The predicted molar refractivity (Wildman–Crippen MR) is 60.2 cm³/mol. The molecule has 1 atom stereocenters. The number of carbonyl (C=O) groups excluding carboxylic acids is 1. The summed E-state index contributed by atoms with van der Waals surface area (Å²) in [6.45, 7) is 1.73. The number of hydrogen-bond acceptors (Lipinski definition) is 4. The average molecular weight is 242 g/mol. The Labute approximate surface area is 97.5 Å². The number of amides is 1. The third-order valence-electron chi connectivity index (χ3n) is 2.08. The van der Waals surface area contributed by atoms with Crippen molar-refractivity contribution in [1.29, 1.82) is 0 Å². The van der Waals surface area contributed by atoms with E-state index in [-0.39, 0.29) is 12.5 Å². The maximum atomic E-state index is 11.3. The molecule has 1 rings (SSSR count). The van der Waals surface area contributed by atoms with Gasteiger partial charge in [-0.05, 0) is 0 Å². The van der Waals surface area contributed by atoms with Crippen LogP contribution in [0.15, 0.2) is 11.6 Å². The summed E-state index contributed by atoms with van der Waals surface area (Å²) in [7, 11) is 0. The van der Waals surface area contributed by atoms with Gasteiger partial charge in [0.1, 0.15) is 0 Å². The van der Waals surface area contributed by atoms with Gasteiger partial charge in [0.25, 0.3) is 0 Å². The van der Waals surface area contributed by atoms with Gasteiger partial charge in [-0.25, -0.2) is 4.98 Å². The molecule has 1 aromatic rings. The fourth-order valence-electron chi connectivity index (χ4n) is 1.04. The molecule has 1 heterocycles. The van der Waals surface area contributed by atoms with Crippen LogP contribution >= 0.6 is 11.3 Å². The van der Waals surface area contributed by atoms with Crippen molar-refractivity contribution in [3.63, 3.8) is 0 Å². The van der Waals surface area contributed by atoms with Crippen LogP contribution in [0.1, 0.15) is 18.4 Å². The lowest BCUT2D eigenvalue weighted by molar-refractivity contribution is -0.141. The monoisotopic (exact) mass is 242 g/mol. The molecule has 0 spiro atoms. The quantitative estimate of drug-likeness (QED) is 0.777. The number of thiazole rings is 1. The van der Waals surface area contributed by atoms with Gasteiger partial charge in [0, 0.05) is 31.0 Å². The predicted octanol–water partition coefficient (Wildman–Crippen LogP) is 0.913. The van der Waals surface area contributed by atoms with Gasteiger partial charge in [-0.2, -0.15) is 0 Å². The molecule has 1 aromatic heterocycles. The molecule has 0 aromatic carbocycles. The first-order chi connectivity index (χ1) is 7.59. The Balaban J connectivity index is 2.19. The molecule has 0 aliphatic rings. The summed E-state index contributed by atoms with van der Waals surface area (Å²) >= 11 is 1.51. The zero-order valence-corrected chi connectivity index (χ0v) is 9.79. The summed E-state index contributed by atoms with van der Waals surface area (Å²) in [5.41, 5.74) is 0. The number of carboxylic acid groups (broad SMARTS) is 1. The van der Waals surface area contributed by atoms with Crippen molar-refractivity contribution in [2.45, 2.75) is 19.8 Å². The van der Waals surface area contributed by atoms with Crippen LogP contribution in [-0.4, -0.2) is 28.5 Å². The van der Waals surface area contributed by atoms with Gasteiger partial charge in [-0.3, -0.25) is 9.59 Å². The van der Waals surface area contributed by atoms with Crippen molar-refractivity contribution < 1.29 is 14.7 Å². The smallest absolute Gasteiger partial charge is 0.308 e. The van der Waals surface area contributed by atoms with Gasteiger partial charge in [0.2, 0.25) is 5.91 Å². The summed E-state index contributed by atoms with van der Waals surface area (Å²) in [5.74, 6) is -1.59. The first-order valence-corrected chi connectivity index (χ1v) is 5.85. The van der Waals surface area contributed by atoms with Gasteiger partial charge in [-0.15, -0.1) is 11.3 Å². The summed E-state index contributed by atoms with van der Waals surface area (Å²) < 4.78 is 0. The van der Waals surface area contributed by atoms with Crippen LogP contribution in [0.25, 0.3) is 0 Å². The normalized spacial score (nSPS) is 12.1. The van der Waals surface area contributed by atoms with Crippen molar-refractivity contribution in [2.24, 2.45) is 5.92 Å². The molecule has 0 fully saturated rings. The Kier molecular flexibility index (Phi) is 4.91. The highest BCUT2D eigenvalue weighted by atomic mass is 32.1. The van der Waals surface area contributed by atoms with E-state index in [0.29, 0.717) is 12.8 Å². The Morgan fingerprint density at radius 3 is 2.94 bits per heavy atom. The van der Waals surface area contributed by atoms with Gasteiger partial charge >= 0.3 is 5.97 Å². The SMILES string of the molecule is CC(CNC(=O)CCc1nccs1)C(=O)O. The largest absolute Gasteiger partial charge is 0.481 e. The summed E-state index contributed by atoms with van der Waals surface area (Å²) in [6.07, 6.45) is 2.65. The highest BCUT2D eigenvalue weighted by Gasteiger charge is 2.12. The number of rotatable bonds is 6. The minimum atomic E-state index is -0.903. The van der Waals surface area contributed by atoms with Gasteiger partial charge in [0.15, 0.2) is 0 Å². The first kappa shape index (κ1) is 12.6. The molecule has 0 radical (unpaired) electrons. The minimum absolute atomic E-state index is 0.136.